The van der Waals surface area contributed by atoms with E-state index in [-0.39, 0.29) is 5.75 Å². The van der Waals surface area contributed by atoms with Gasteiger partial charge in [-0.2, -0.15) is 0 Å². The van der Waals surface area contributed by atoms with Crippen molar-refractivity contribution >= 4 is 16.1 Å². The van der Waals surface area contributed by atoms with Crippen molar-refractivity contribution in [2.24, 2.45) is 11.1 Å². The second-order valence-electron chi connectivity index (χ2n) is 4.26. The van der Waals surface area contributed by atoms with Crippen LogP contribution in [0.1, 0.15) is 13.8 Å². The van der Waals surface area contributed by atoms with Crippen LogP contribution in [-0.2, 0) is 14.7 Å². The summed E-state index contributed by atoms with van der Waals surface area (Å²) in [7, 11) is -1.02. The van der Waals surface area contributed by atoms with E-state index in [9.17, 15) is 8.42 Å². The summed E-state index contributed by atoms with van der Waals surface area (Å²) in [5.41, 5.74) is 0. The molecule has 16 heavy (non-hydrogen) atoms. The third-order valence-electron chi connectivity index (χ3n) is 1.84. The van der Waals surface area contributed by atoms with Crippen LogP contribution in [-0.4, -0.2) is 58.3 Å². The van der Waals surface area contributed by atoms with Crippen molar-refractivity contribution in [2.75, 3.05) is 38.8 Å². The van der Waals surface area contributed by atoms with Crippen LogP contribution in [0.2, 0.25) is 0 Å². The smallest absolute Gasteiger partial charge is 0.148 e. The Balaban J connectivity index is 3.55. The fourth-order valence-electron chi connectivity index (χ4n) is 0.848. The van der Waals surface area contributed by atoms with E-state index < -0.39 is 9.84 Å². The first-order valence-corrected chi connectivity index (χ1v) is 7.39. The van der Waals surface area contributed by atoms with E-state index in [0.717, 1.165) is 0 Å². The lowest BCUT2D eigenvalue weighted by atomic mass is 10.3. The number of sulfone groups is 1. The Morgan fingerprint density at radius 1 is 1.38 bits per heavy atom. The molecule has 0 N–H and O–H groups in total. The molecular formula is C10H22N2O3S. The third kappa shape index (κ3) is 11.5. The highest BCUT2D eigenvalue weighted by atomic mass is 32.2. The molecule has 0 aromatic carbocycles. The van der Waals surface area contributed by atoms with Gasteiger partial charge in [0, 0.05) is 25.6 Å². The standard InChI is InChI=1S/C10H22N2O3S/c1-10(2)9-11-15-7-5-12(3)6-8-16(4,13)14/h9-10H,5-8H2,1-4H3/b11-9+. The van der Waals surface area contributed by atoms with Crippen LogP contribution in [0.4, 0.5) is 0 Å². The summed E-state index contributed by atoms with van der Waals surface area (Å²) < 4.78 is 21.8. The zero-order valence-corrected chi connectivity index (χ0v) is 11.3. The number of likely N-dealkylation sites (N-methyl/N-ethyl adjacent to an activating group) is 1. The van der Waals surface area contributed by atoms with Crippen molar-refractivity contribution in [3.8, 4) is 0 Å². The van der Waals surface area contributed by atoms with Crippen LogP contribution in [0.25, 0.3) is 0 Å². The van der Waals surface area contributed by atoms with E-state index in [2.05, 4.69) is 5.16 Å². The molecule has 0 heterocycles. The molecule has 0 aliphatic carbocycles. The molecule has 0 saturated heterocycles. The molecule has 0 saturated carbocycles. The Bertz CT molecular complexity index is 299. The largest absolute Gasteiger partial charge is 0.395 e. The fraction of sp³-hybridized carbons (Fsp3) is 0.900. The number of nitrogens with zero attached hydrogens (tertiary/aromatic N) is 2. The monoisotopic (exact) mass is 250 g/mol. The SMILES string of the molecule is CC(C)/C=N/OCCN(C)CCS(C)(=O)=O. The highest BCUT2D eigenvalue weighted by molar-refractivity contribution is 7.90. The molecule has 0 aromatic heterocycles. The number of oxime groups is 1. The number of rotatable bonds is 8. The molecule has 0 amide bonds. The summed E-state index contributed by atoms with van der Waals surface area (Å²) >= 11 is 0. The second-order valence-corrected chi connectivity index (χ2v) is 6.52. The van der Waals surface area contributed by atoms with Gasteiger partial charge in [-0.1, -0.05) is 19.0 Å². The topological polar surface area (TPSA) is 59.0 Å². The zero-order valence-electron chi connectivity index (χ0n) is 10.5. The summed E-state index contributed by atoms with van der Waals surface area (Å²) in [5.74, 6) is 0.557. The lowest BCUT2D eigenvalue weighted by molar-refractivity contribution is 0.121. The normalized spacial score (nSPS) is 12.9. The predicted octanol–water partition coefficient (Wildman–Crippen LogP) is 0.621. The molecule has 0 aromatic rings. The van der Waals surface area contributed by atoms with E-state index in [1.54, 1.807) is 6.21 Å². The van der Waals surface area contributed by atoms with E-state index in [0.29, 0.717) is 25.6 Å². The Kier molecular flexibility index (Phi) is 7.33. The van der Waals surface area contributed by atoms with Crippen molar-refractivity contribution in [3.63, 3.8) is 0 Å². The second kappa shape index (κ2) is 7.62. The fourth-order valence-corrected chi connectivity index (χ4v) is 1.49. The molecule has 0 bridgehead atoms. The van der Waals surface area contributed by atoms with Crippen molar-refractivity contribution in [3.05, 3.63) is 0 Å². The first-order chi connectivity index (χ1) is 7.31. The summed E-state index contributed by atoms with van der Waals surface area (Å²) in [6.45, 7) is 5.71. The molecule has 5 nitrogen and oxygen atoms in total. The summed E-state index contributed by atoms with van der Waals surface area (Å²) in [6.07, 6.45) is 2.97. The molecule has 0 fully saturated rings. The highest BCUT2D eigenvalue weighted by Gasteiger charge is 2.05. The summed E-state index contributed by atoms with van der Waals surface area (Å²) in [4.78, 5) is 6.93. The molecule has 6 heteroatoms. The summed E-state index contributed by atoms with van der Waals surface area (Å²) in [6, 6.07) is 0. The minimum atomic E-state index is -2.88. The molecule has 0 radical (unpaired) electrons. The maximum Gasteiger partial charge on any atom is 0.148 e. The molecule has 0 spiro atoms. The average Bonchev–Trinajstić information content (AvgIpc) is 2.12. The summed E-state index contributed by atoms with van der Waals surface area (Å²) in [5, 5.41) is 3.78. The lowest BCUT2D eigenvalue weighted by Gasteiger charge is -2.14. The molecule has 96 valence electrons. The van der Waals surface area contributed by atoms with Gasteiger partial charge in [-0.05, 0) is 13.0 Å². The van der Waals surface area contributed by atoms with Gasteiger partial charge in [0.1, 0.15) is 16.4 Å². The van der Waals surface area contributed by atoms with Crippen molar-refractivity contribution in [1.29, 1.82) is 0 Å². The van der Waals surface area contributed by atoms with Gasteiger partial charge in [-0.25, -0.2) is 8.42 Å². The Hall–Kier alpha value is -0.620. The van der Waals surface area contributed by atoms with Crippen LogP contribution < -0.4 is 0 Å². The van der Waals surface area contributed by atoms with Crippen LogP contribution >= 0.6 is 0 Å². The van der Waals surface area contributed by atoms with Crippen molar-refractivity contribution < 1.29 is 13.3 Å². The average molecular weight is 250 g/mol. The lowest BCUT2D eigenvalue weighted by Crippen LogP contribution is -2.28. The van der Waals surface area contributed by atoms with Gasteiger partial charge in [0.25, 0.3) is 0 Å². The van der Waals surface area contributed by atoms with E-state index in [1.165, 1.54) is 6.26 Å². The van der Waals surface area contributed by atoms with E-state index in [4.69, 9.17) is 4.84 Å². The first-order valence-electron chi connectivity index (χ1n) is 5.33. The van der Waals surface area contributed by atoms with Gasteiger partial charge in [0.05, 0.1) is 5.75 Å². The maximum atomic E-state index is 10.9. The van der Waals surface area contributed by atoms with Crippen molar-refractivity contribution in [1.82, 2.24) is 4.90 Å². The molecule has 0 aliphatic rings. The molecule has 0 rings (SSSR count). The molecular weight excluding hydrogens is 228 g/mol. The van der Waals surface area contributed by atoms with Gasteiger partial charge >= 0.3 is 0 Å². The van der Waals surface area contributed by atoms with Crippen LogP contribution in [0.3, 0.4) is 0 Å². The number of hydrogen-bond donors (Lipinski definition) is 0. The zero-order chi connectivity index (χ0) is 12.6. The predicted molar refractivity (Wildman–Crippen MR) is 66.5 cm³/mol. The minimum Gasteiger partial charge on any atom is -0.395 e. The third-order valence-corrected chi connectivity index (χ3v) is 2.77. The Morgan fingerprint density at radius 3 is 2.50 bits per heavy atom. The van der Waals surface area contributed by atoms with Gasteiger partial charge in [-0.15, -0.1) is 0 Å². The highest BCUT2D eigenvalue weighted by Crippen LogP contribution is 1.90. The van der Waals surface area contributed by atoms with E-state index >= 15 is 0 Å². The van der Waals surface area contributed by atoms with Gasteiger partial charge in [0.2, 0.25) is 0 Å². The Morgan fingerprint density at radius 2 is 2.00 bits per heavy atom. The first kappa shape index (κ1) is 15.4. The van der Waals surface area contributed by atoms with Gasteiger partial charge < -0.3 is 9.74 Å². The van der Waals surface area contributed by atoms with E-state index in [1.807, 2.05) is 25.8 Å². The van der Waals surface area contributed by atoms with Crippen LogP contribution in [0.15, 0.2) is 5.16 Å². The van der Waals surface area contributed by atoms with Crippen molar-refractivity contribution in [2.45, 2.75) is 13.8 Å². The van der Waals surface area contributed by atoms with Gasteiger partial charge in [-0.3, -0.25) is 0 Å². The molecule has 0 atom stereocenters. The van der Waals surface area contributed by atoms with Gasteiger partial charge in [0.15, 0.2) is 0 Å². The maximum absolute atomic E-state index is 10.9. The molecule has 0 aliphatic heterocycles. The minimum absolute atomic E-state index is 0.179. The number of hydrogen-bond acceptors (Lipinski definition) is 5. The van der Waals surface area contributed by atoms with Crippen LogP contribution in [0, 0.1) is 5.92 Å². The Labute approximate surface area is 98.4 Å². The quantitative estimate of drug-likeness (QED) is 0.360. The van der Waals surface area contributed by atoms with Crippen LogP contribution in [0.5, 0.6) is 0 Å². The molecule has 0 unspecified atom stereocenters.